The van der Waals surface area contributed by atoms with Crippen LogP contribution in [0, 0.1) is 11.8 Å². The molecule has 0 bridgehead atoms. The molecule has 1 aromatic rings. The SMILES string of the molecule is Clc1cc(Cl)cc(O[C@@H](C2CCOCC2)[C@H]2CCNC2)c1. The van der Waals surface area contributed by atoms with Crippen molar-refractivity contribution in [2.24, 2.45) is 11.8 Å². The van der Waals surface area contributed by atoms with Crippen LogP contribution in [0.1, 0.15) is 19.3 Å². The maximum Gasteiger partial charge on any atom is 0.122 e. The molecule has 0 aromatic heterocycles. The lowest BCUT2D eigenvalue weighted by Crippen LogP contribution is -2.39. The van der Waals surface area contributed by atoms with E-state index in [0.29, 0.717) is 21.9 Å². The smallest absolute Gasteiger partial charge is 0.122 e. The van der Waals surface area contributed by atoms with Crippen LogP contribution in [0.15, 0.2) is 18.2 Å². The molecule has 2 aliphatic heterocycles. The molecule has 3 nitrogen and oxygen atoms in total. The first-order valence-corrected chi connectivity index (χ1v) is 8.39. The van der Waals surface area contributed by atoms with E-state index < -0.39 is 0 Å². The average Bonchev–Trinajstić information content (AvgIpc) is 2.98. The normalized spacial score (nSPS) is 25.0. The zero-order chi connectivity index (χ0) is 14.7. The summed E-state index contributed by atoms with van der Waals surface area (Å²) in [5.74, 6) is 1.86. The van der Waals surface area contributed by atoms with Gasteiger partial charge in [0.2, 0.25) is 0 Å². The Morgan fingerprint density at radius 2 is 1.76 bits per heavy atom. The van der Waals surface area contributed by atoms with Crippen LogP contribution in [0.3, 0.4) is 0 Å². The standard InChI is InChI=1S/C16H21Cl2NO2/c17-13-7-14(18)9-15(8-13)21-16(12-1-4-19-10-12)11-2-5-20-6-3-11/h7-9,11-12,16,19H,1-6,10H2/t12-,16-/m0/s1. The molecule has 0 unspecified atom stereocenters. The number of halogens is 2. The Kier molecular flexibility index (Phi) is 5.28. The molecule has 0 saturated carbocycles. The molecular formula is C16H21Cl2NO2. The van der Waals surface area contributed by atoms with Gasteiger partial charge in [-0.2, -0.15) is 0 Å². The van der Waals surface area contributed by atoms with Crippen LogP contribution in [-0.2, 0) is 4.74 Å². The minimum Gasteiger partial charge on any atom is -0.490 e. The van der Waals surface area contributed by atoms with Crippen molar-refractivity contribution in [2.75, 3.05) is 26.3 Å². The van der Waals surface area contributed by atoms with Crippen LogP contribution in [-0.4, -0.2) is 32.4 Å². The third-order valence-electron chi connectivity index (χ3n) is 4.40. The van der Waals surface area contributed by atoms with E-state index in [2.05, 4.69) is 5.32 Å². The monoisotopic (exact) mass is 329 g/mol. The van der Waals surface area contributed by atoms with Crippen LogP contribution in [0.25, 0.3) is 0 Å². The molecule has 3 rings (SSSR count). The van der Waals surface area contributed by atoms with Crippen molar-refractivity contribution in [3.05, 3.63) is 28.2 Å². The van der Waals surface area contributed by atoms with Gasteiger partial charge in [0.25, 0.3) is 0 Å². The van der Waals surface area contributed by atoms with E-state index in [1.54, 1.807) is 6.07 Å². The topological polar surface area (TPSA) is 30.5 Å². The molecule has 1 N–H and O–H groups in total. The van der Waals surface area contributed by atoms with Crippen LogP contribution >= 0.6 is 23.2 Å². The molecule has 2 heterocycles. The molecule has 0 amide bonds. The lowest BCUT2D eigenvalue weighted by Gasteiger charge is -2.34. The summed E-state index contributed by atoms with van der Waals surface area (Å²) in [6.45, 7) is 3.77. The number of ether oxygens (including phenoxy) is 2. The maximum atomic E-state index is 6.34. The van der Waals surface area contributed by atoms with Crippen LogP contribution in [0.4, 0.5) is 0 Å². The van der Waals surface area contributed by atoms with E-state index >= 15 is 0 Å². The fraction of sp³-hybridized carbons (Fsp3) is 0.625. The minimum absolute atomic E-state index is 0.207. The van der Waals surface area contributed by atoms with E-state index in [1.165, 1.54) is 0 Å². The molecular weight excluding hydrogens is 309 g/mol. The Bertz CT molecular complexity index is 451. The molecule has 5 heteroatoms. The summed E-state index contributed by atoms with van der Waals surface area (Å²) in [5.41, 5.74) is 0. The molecule has 1 aromatic carbocycles. The van der Waals surface area contributed by atoms with E-state index in [0.717, 1.165) is 51.3 Å². The molecule has 0 spiro atoms. The largest absolute Gasteiger partial charge is 0.490 e. The summed E-state index contributed by atoms with van der Waals surface area (Å²) in [4.78, 5) is 0. The van der Waals surface area contributed by atoms with Crippen molar-refractivity contribution in [3.8, 4) is 5.75 Å². The molecule has 0 radical (unpaired) electrons. The molecule has 2 aliphatic rings. The fourth-order valence-corrected chi connectivity index (χ4v) is 3.84. The summed E-state index contributed by atoms with van der Waals surface area (Å²) in [5, 5.41) is 4.67. The quantitative estimate of drug-likeness (QED) is 0.911. The van der Waals surface area contributed by atoms with Gasteiger partial charge in [-0.05, 0) is 44.0 Å². The first-order chi connectivity index (χ1) is 10.2. The van der Waals surface area contributed by atoms with Gasteiger partial charge >= 0.3 is 0 Å². The van der Waals surface area contributed by atoms with Gasteiger partial charge in [-0.3, -0.25) is 0 Å². The van der Waals surface area contributed by atoms with Gasteiger partial charge in [-0.1, -0.05) is 23.2 Å². The van der Waals surface area contributed by atoms with E-state index in [9.17, 15) is 0 Å². The first-order valence-electron chi connectivity index (χ1n) is 7.63. The average molecular weight is 330 g/mol. The van der Waals surface area contributed by atoms with E-state index in [4.69, 9.17) is 32.7 Å². The van der Waals surface area contributed by atoms with Gasteiger partial charge in [0.05, 0.1) is 0 Å². The van der Waals surface area contributed by atoms with Crippen molar-refractivity contribution >= 4 is 23.2 Å². The minimum atomic E-state index is 0.207. The third-order valence-corrected chi connectivity index (χ3v) is 4.84. The van der Waals surface area contributed by atoms with Gasteiger partial charge in [0, 0.05) is 41.6 Å². The first kappa shape index (κ1) is 15.4. The molecule has 2 saturated heterocycles. The Labute approximate surface area is 135 Å². The highest BCUT2D eigenvalue weighted by Gasteiger charge is 2.34. The van der Waals surface area contributed by atoms with Gasteiger partial charge in [-0.15, -0.1) is 0 Å². The number of rotatable bonds is 4. The summed E-state index contributed by atoms with van der Waals surface area (Å²) in [6, 6.07) is 5.43. The molecule has 0 aliphatic carbocycles. The van der Waals surface area contributed by atoms with Gasteiger partial charge < -0.3 is 14.8 Å². The summed E-state index contributed by atoms with van der Waals surface area (Å²) < 4.78 is 11.8. The van der Waals surface area contributed by atoms with Crippen molar-refractivity contribution in [1.82, 2.24) is 5.32 Å². The Balaban J connectivity index is 1.77. The summed E-state index contributed by atoms with van der Waals surface area (Å²) >= 11 is 12.2. The highest BCUT2D eigenvalue weighted by molar-refractivity contribution is 6.34. The highest BCUT2D eigenvalue weighted by Crippen LogP contribution is 2.33. The Morgan fingerprint density at radius 1 is 1.05 bits per heavy atom. The van der Waals surface area contributed by atoms with Crippen molar-refractivity contribution in [2.45, 2.75) is 25.4 Å². The fourth-order valence-electron chi connectivity index (χ4n) is 3.33. The summed E-state index contributed by atoms with van der Waals surface area (Å²) in [6.07, 6.45) is 3.50. The number of nitrogens with one attached hydrogen (secondary N) is 1. The highest BCUT2D eigenvalue weighted by atomic mass is 35.5. The predicted molar refractivity (Wildman–Crippen MR) is 85.4 cm³/mol. The third kappa shape index (κ3) is 4.04. The lowest BCUT2D eigenvalue weighted by molar-refractivity contribution is -0.00133. The van der Waals surface area contributed by atoms with E-state index in [1.807, 2.05) is 12.1 Å². The molecule has 21 heavy (non-hydrogen) atoms. The number of benzene rings is 1. The van der Waals surface area contributed by atoms with Crippen molar-refractivity contribution in [1.29, 1.82) is 0 Å². The number of hydrogen-bond donors (Lipinski definition) is 1. The second-order valence-corrected chi connectivity index (χ2v) is 6.76. The summed E-state index contributed by atoms with van der Waals surface area (Å²) in [7, 11) is 0. The molecule has 2 atom stereocenters. The molecule has 116 valence electrons. The maximum absolute atomic E-state index is 6.34. The zero-order valence-corrected chi connectivity index (χ0v) is 13.5. The van der Waals surface area contributed by atoms with Crippen LogP contribution < -0.4 is 10.1 Å². The van der Waals surface area contributed by atoms with Gasteiger partial charge in [-0.25, -0.2) is 0 Å². The number of hydrogen-bond acceptors (Lipinski definition) is 3. The second-order valence-electron chi connectivity index (χ2n) is 5.89. The zero-order valence-electron chi connectivity index (χ0n) is 12.0. The second kappa shape index (κ2) is 7.19. The van der Waals surface area contributed by atoms with Crippen molar-refractivity contribution in [3.63, 3.8) is 0 Å². The predicted octanol–water partition coefficient (Wildman–Crippen LogP) is 3.78. The van der Waals surface area contributed by atoms with Gasteiger partial charge in [0.15, 0.2) is 0 Å². The Hall–Kier alpha value is -0.480. The van der Waals surface area contributed by atoms with Gasteiger partial charge in [0.1, 0.15) is 11.9 Å². The van der Waals surface area contributed by atoms with E-state index in [-0.39, 0.29) is 6.10 Å². The molecule has 2 fully saturated rings. The van der Waals surface area contributed by atoms with Crippen LogP contribution in [0.2, 0.25) is 10.0 Å². The lowest BCUT2D eigenvalue weighted by atomic mass is 9.85. The van der Waals surface area contributed by atoms with Crippen LogP contribution in [0.5, 0.6) is 5.75 Å². The Morgan fingerprint density at radius 3 is 2.38 bits per heavy atom. The van der Waals surface area contributed by atoms with Crippen molar-refractivity contribution < 1.29 is 9.47 Å².